The minimum Gasteiger partial charge on any atom is -0.309 e. The van der Waals surface area contributed by atoms with Crippen LogP contribution in [0.15, 0.2) is 9.27 Å². The smallest absolute Gasteiger partial charge is 0.265 e. The van der Waals surface area contributed by atoms with E-state index in [9.17, 15) is 4.79 Å². The van der Waals surface area contributed by atoms with Crippen molar-refractivity contribution in [2.24, 2.45) is 0 Å². The summed E-state index contributed by atoms with van der Waals surface area (Å²) < 4.78 is 0.592. The van der Waals surface area contributed by atoms with E-state index < -0.39 is 0 Å². The van der Waals surface area contributed by atoms with Crippen molar-refractivity contribution in [3.63, 3.8) is 0 Å². The minimum absolute atomic E-state index is 0.0343. The molecule has 0 spiro atoms. The molecule has 2 rings (SSSR count). The summed E-state index contributed by atoms with van der Waals surface area (Å²) in [5.74, 6) is 1.60. The van der Waals surface area contributed by atoms with E-state index >= 15 is 0 Å². The molecular weight excluding hydrogens is 292 g/mol. The number of rotatable bonds is 2. The van der Waals surface area contributed by atoms with Crippen LogP contribution in [0.1, 0.15) is 75.7 Å². The van der Waals surface area contributed by atoms with Crippen molar-refractivity contribution < 1.29 is 0 Å². The van der Waals surface area contributed by atoms with Crippen molar-refractivity contribution in [1.82, 2.24) is 9.97 Å². The van der Waals surface area contributed by atoms with Gasteiger partial charge in [0.1, 0.15) is 10.3 Å². The fourth-order valence-electron chi connectivity index (χ4n) is 2.62. The van der Waals surface area contributed by atoms with Crippen LogP contribution in [-0.2, 0) is 0 Å². The molecule has 4 heteroatoms. The molecule has 1 fully saturated rings. The van der Waals surface area contributed by atoms with Crippen LogP contribution in [0.2, 0.25) is 0 Å². The monoisotopic (exact) mass is 312 g/mol. The maximum atomic E-state index is 12.0. The lowest BCUT2D eigenvalue weighted by molar-refractivity contribution is 0.552. The van der Waals surface area contributed by atoms with E-state index in [1.165, 1.54) is 25.7 Å². The van der Waals surface area contributed by atoms with Crippen molar-refractivity contribution in [2.45, 2.75) is 64.2 Å². The number of aromatic amines is 1. The largest absolute Gasteiger partial charge is 0.309 e. The molecule has 0 aromatic carbocycles. The van der Waals surface area contributed by atoms with Gasteiger partial charge in [-0.3, -0.25) is 4.79 Å². The molecule has 1 N–H and O–H groups in total. The molecule has 1 aliphatic carbocycles. The predicted octanol–water partition coefficient (Wildman–Crippen LogP) is 4.09. The van der Waals surface area contributed by atoms with Gasteiger partial charge >= 0.3 is 0 Å². The van der Waals surface area contributed by atoms with Crippen LogP contribution in [0.3, 0.4) is 0 Å². The number of aromatic nitrogens is 2. The van der Waals surface area contributed by atoms with E-state index in [-0.39, 0.29) is 11.5 Å². The summed E-state index contributed by atoms with van der Waals surface area (Å²) >= 11 is 3.35. The van der Waals surface area contributed by atoms with E-state index in [0.29, 0.717) is 10.4 Å². The van der Waals surface area contributed by atoms with Gasteiger partial charge < -0.3 is 4.98 Å². The summed E-state index contributed by atoms with van der Waals surface area (Å²) in [6.07, 6.45) is 7.44. The summed E-state index contributed by atoms with van der Waals surface area (Å²) in [4.78, 5) is 19.6. The molecule has 0 atom stereocenters. The summed E-state index contributed by atoms with van der Waals surface area (Å²) in [5.41, 5.74) is 0.853. The molecule has 0 unspecified atom stereocenters. The van der Waals surface area contributed by atoms with Gasteiger partial charge in [0.05, 0.1) is 5.69 Å². The molecule has 1 aliphatic rings. The number of nitrogens with one attached hydrogen (secondary N) is 1. The van der Waals surface area contributed by atoms with Gasteiger partial charge in [-0.15, -0.1) is 0 Å². The Morgan fingerprint density at radius 2 is 1.83 bits per heavy atom. The zero-order valence-electron chi connectivity index (χ0n) is 11.1. The Bertz CT molecular complexity index is 459. The number of hydrogen-bond donors (Lipinski definition) is 1. The summed E-state index contributed by atoms with van der Waals surface area (Å²) in [7, 11) is 0. The topological polar surface area (TPSA) is 45.8 Å². The maximum Gasteiger partial charge on any atom is 0.265 e. The van der Waals surface area contributed by atoms with E-state index in [4.69, 9.17) is 4.98 Å². The maximum absolute atomic E-state index is 12.0. The third kappa shape index (κ3) is 3.02. The van der Waals surface area contributed by atoms with Crippen molar-refractivity contribution in [2.75, 3.05) is 0 Å². The number of nitrogens with zero attached hydrogens (tertiary/aromatic N) is 1. The van der Waals surface area contributed by atoms with Crippen LogP contribution in [0.5, 0.6) is 0 Å². The lowest BCUT2D eigenvalue weighted by Crippen LogP contribution is -2.18. The molecule has 1 aromatic heterocycles. The molecule has 0 radical (unpaired) electrons. The second-order valence-corrected chi connectivity index (χ2v) is 6.29. The lowest BCUT2D eigenvalue weighted by Gasteiger charge is -2.16. The molecule has 18 heavy (non-hydrogen) atoms. The first-order valence-electron chi connectivity index (χ1n) is 6.89. The Balaban J connectivity index is 2.35. The zero-order chi connectivity index (χ0) is 13.1. The van der Waals surface area contributed by atoms with Gasteiger partial charge in [-0.05, 0) is 34.7 Å². The third-order valence-electron chi connectivity index (χ3n) is 3.70. The molecule has 0 saturated heterocycles. The van der Waals surface area contributed by atoms with Gasteiger partial charge in [-0.1, -0.05) is 39.5 Å². The molecule has 0 aliphatic heterocycles. The Labute approximate surface area is 117 Å². The lowest BCUT2D eigenvalue weighted by atomic mass is 9.99. The summed E-state index contributed by atoms with van der Waals surface area (Å²) in [6, 6.07) is 0. The molecule has 0 bridgehead atoms. The van der Waals surface area contributed by atoms with Crippen LogP contribution in [0, 0.1) is 0 Å². The van der Waals surface area contributed by atoms with Crippen LogP contribution in [0.4, 0.5) is 0 Å². The molecule has 1 saturated carbocycles. The highest BCUT2D eigenvalue weighted by molar-refractivity contribution is 9.10. The van der Waals surface area contributed by atoms with Gasteiger partial charge in [0.2, 0.25) is 0 Å². The molecule has 3 nitrogen and oxygen atoms in total. The average molecular weight is 313 g/mol. The van der Waals surface area contributed by atoms with Gasteiger partial charge in [-0.25, -0.2) is 4.98 Å². The Kier molecular flexibility index (Phi) is 4.60. The van der Waals surface area contributed by atoms with Crippen LogP contribution in [0.25, 0.3) is 0 Å². The van der Waals surface area contributed by atoms with Gasteiger partial charge in [-0.2, -0.15) is 0 Å². The SMILES string of the molecule is CC(C)c1nc(C2CCCCCC2)[nH]c(=O)c1Br. The summed E-state index contributed by atoms with van der Waals surface area (Å²) in [6.45, 7) is 4.15. The number of H-pyrrole nitrogens is 1. The Hall–Kier alpha value is -0.640. The van der Waals surface area contributed by atoms with Gasteiger partial charge in [0.15, 0.2) is 0 Å². The van der Waals surface area contributed by atoms with Gasteiger partial charge in [0, 0.05) is 5.92 Å². The van der Waals surface area contributed by atoms with Crippen molar-refractivity contribution in [1.29, 1.82) is 0 Å². The Morgan fingerprint density at radius 1 is 1.22 bits per heavy atom. The highest BCUT2D eigenvalue weighted by atomic mass is 79.9. The van der Waals surface area contributed by atoms with Crippen molar-refractivity contribution in [3.05, 3.63) is 26.3 Å². The molecule has 0 amide bonds. The zero-order valence-corrected chi connectivity index (χ0v) is 12.7. The minimum atomic E-state index is -0.0343. The molecule has 1 aromatic rings. The van der Waals surface area contributed by atoms with Crippen molar-refractivity contribution >= 4 is 15.9 Å². The third-order valence-corrected chi connectivity index (χ3v) is 4.46. The quantitative estimate of drug-likeness (QED) is 0.836. The van der Waals surface area contributed by atoms with Crippen LogP contribution >= 0.6 is 15.9 Å². The second-order valence-electron chi connectivity index (χ2n) is 5.49. The summed E-state index contributed by atoms with van der Waals surface area (Å²) in [5, 5.41) is 0. The highest BCUT2D eigenvalue weighted by Gasteiger charge is 2.19. The van der Waals surface area contributed by atoms with Gasteiger partial charge in [0.25, 0.3) is 5.56 Å². The van der Waals surface area contributed by atoms with E-state index in [1.807, 2.05) is 0 Å². The molecule has 100 valence electrons. The first-order valence-corrected chi connectivity index (χ1v) is 7.68. The van der Waals surface area contributed by atoms with Crippen LogP contribution < -0.4 is 5.56 Å². The fraction of sp³-hybridized carbons (Fsp3) is 0.714. The van der Waals surface area contributed by atoms with E-state index in [1.54, 1.807) is 0 Å². The molecular formula is C14H21BrN2O. The normalized spacial score (nSPS) is 18.0. The van der Waals surface area contributed by atoms with Crippen molar-refractivity contribution in [3.8, 4) is 0 Å². The van der Waals surface area contributed by atoms with Crippen LogP contribution in [-0.4, -0.2) is 9.97 Å². The first kappa shape index (κ1) is 13.8. The average Bonchev–Trinajstić information content (AvgIpc) is 2.60. The second kappa shape index (κ2) is 6.00. The number of hydrogen-bond acceptors (Lipinski definition) is 2. The Morgan fingerprint density at radius 3 is 2.39 bits per heavy atom. The van der Waals surface area contributed by atoms with E-state index in [2.05, 4.69) is 34.8 Å². The highest BCUT2D eigenvalue weighted by Crippen LogP contribution is 2.30. The molecule has 1 heterocycles. The standard InChI is InChI=1S/C14H21BrN2O/c1-9(2)12-11(15)14(18)17-13(16-12)10-7-5-3-4-6-8-10/h9-10H,3-8H2,1-2H3,(H,16,17,18). The first-order chi connectivity index (χ1) is 8.59. The fourth-order valence-corrected chi connectivity index (χ4v) is 3.27. The predicted molar refractivity (Wildman–Crippen MR) is 77.1 cm³/mol. The van der Waals surface area contributed by atoms with E-state index in [0.717, 1.165) is 24.4 Å². The number of halogens is 1.